The highest BCUT2D eigenvalue weighted by Gasteiger charge is 2.26. The van der Waals surface area contributed by atoms with E-state index in [2.05, 4.69) is 5.32 Å². The van der Waals surface area contributed by atoms with Crippen LogP contribution in [-0.4, -0.2) is 29.7 Å². The molecule has 1 aromatic rings. The average molecular weight is 307 g/mol. The zero-order chi connectivity index (χ0) is 15.2. The zero-order valence-corrected chi connectivity index (χ0v) is 11.1. The van der Waals surface area contributed by atoms with E-state index in [1.807, 2.05) is 0 Å². The number of carboxylic acid groups (broad SMARTS) is 1. The van der Waals surface area contributed by atoms with Crippen LogP contribution in [0, 0.1) is 0 Å². The molecule has 0 aromatic carbocycles. The minimum atomic E-state index is -4.22. The first-order valence-corrected chi connectivity index (χ1v) is 6.50. The molecule has 0 radical (unpaired) electrons. The molecule has 2 N–H and O–H groups in total. The van der Waals surface area contributed by atoms with Gasteiger partial charge in [-0.15, -0.1) is 11.3 Å². The third kappa shape index (κ3) is 6.37. The third-order valence-corrected chi connectivity index (χ3v) is 3.09. The van der Waals surface area contributed by atoms with Gasteiger partial charge in [-0.05, 0) is 18.6 Å². The Labute approximate surface area is 116 Å². The number of thiophene rings is 1. The van der Waals surface area contributed by atoms with Crippen molar-refractivity contribution in [2.75, 3.05) is 6.54 Å². The number of aliphatic carboxylic acids is 1. The van der Waals surface area contributed by atoms with Crippen molar-refractivity contribution in [3.05, 3.63) is 28.0 Å². The van der Waals surface area contributed by atoms with Gasteiger partial charge in [0.05, 0.1) is 5.56 Å². The van der Waals surface area contributed by atoms with Crippen molar-refractivity contribution >= 4 is 29.3 Å². The average Bonchev–Trinajstić information content (AvgIpc) is 2.79. The normalized spacial score (nSPS) is 11.8. The summed E-state index contributed by atoms with van der Waals surface area (Å²) in [5.74, 6) is -1.57. The van der Waals surface area contributed by atoms with E-state index in [0.717, 1.165) is 6.08 Å². The lowest BCUT2D eigenvalue weighted by molar-refractivity contribution is -0.135. The van der Waals surface area contributed by atoms with Crippen molar-refractivity contribution < 1.29 is 27.9 Å². The molecule has 0 aliphatic rings. The molecule has 4 nitrogen and oxygen atoms in total. The smallest absolute Gasteiger partial charge is 0.389 e. The molecule has 8 heteroatoms. The topological polar surface area (TPSA) is 66.4 Å². The summed E-state index contributed by atoms with van der Waals surface area (Å²) in [5, 5.41) is 12.3. The molecular formula is C12H12F3NO3S. The number of nitrogens with one attached hydrogen (secondary N) is 1. The van der Waals surface area contributed by atoms with Gasteiger partial charge in [-0.3, -0.25) is 4.79 Å². The maximum atomic E-state index is 11.9. The molecule has 0 spiro atoms. The lowest BCUT2D eigenvalue weighted by Crippen LogP contribution is -2.25. The molecule has 0 unspecified atom stereocenters. The molecule has 0 atom stereocenters. The fourth-order valence-corrected chi connectivity index (χ4v) is 2.09. The quantitative estimate of drug-likeness (QED) is 0.627. The number of carbonyl (C=O) groups excluding carboxylic acids is 1. The summed E-state index contributed by atoms with van der Waals surface area (Å²) < 4.78 is 35.7. The molecule has 1 heterocycles. The van der Waals surface area contributed by atoms with E-state index in [1.165, 1.54) is 28.9 Å². The number of carboxylic acids is 1. The molecule has 1 rings (SSSR count). The van der Waals surface area contributed by atoms with Gasteiger partial charge in [0.25, 0.3) is 5.91 Å². The standard InChI is InChI=1S/C12H12F3NO3S/c13-12(14,15)4-1-5-16-11(19)8-6-9(20-7-8)2-3-10(17)18/h2-3,6-7H,1,4-5H2,(H,16,19)(H,17,18)/b3-2+. The van der Waals surface area contributed by atoms with Crippen LogP contribution in [0.4, 0.5) is 13.2 Å². The summed E-state index contributed by atoms with van der Waals surface area (Å²) >= 11 is 1.17. The van der Waals surface area contributed by atoms with Gasteiger partial charge in [0, 0.05) is 29.3 Å². The Hall–Kier alpha value is -1.83. The number of halogens is 3. The maximum absolute atomic E-state index is 11.9. The predicted octanol–water partition coefficient (Wildman–Crippen LogP) is 2.92. The van der Waals surface area contributed by atoms with Crippen molar-refractivity contribution in [3.63, 3.8) is 0 Å². The molecule has 110 valence electrons. The van der Waals surface area contributed by atoms with Crippen LogP contribution in [0.25, 0.3) is 6.08 Å². The Balaban J connectivity index is 2.42. The molecule has 0 saturated carbocycles. The van der Waals surface area contributed by atoms with Gasteiger partial charge < -0.3 is 10.4 Å². The second-order valence-corrected chi connectivity index (χ2v) is 4.83. The number of rotatable bonds is 6. The molecule has 0 aliphatic carbocycles. The maximum Gasteiger partial charge on any atom is 0.389 e. The summed E-state index contributed by atoms with van der Waals surface area (Å²) in [7, 11) is 0. The van der Waals surface area contributed by atoms with Gasteiger partial charge in [0.15, 0.2) is 0 Å². The highest BCUT2D eigenvalue weighted by atomic mass is 32.1. The first kappa shape index (κ1) is 16.2. The van der Waals surface area contributed by atoms with E-state index >= 15 is 0 Å². The van der Waals surface area contributed by atoms with E-state index in [0.29, 0.717) is 10.4 Å². The highest BCUT2D eigenvalue weighted by molar-refractivity contribution is 7.11. The summed E-state index contributed by atoms with van der Waals surface area (Å²) in [4.78, 5) is 22.5. The summed E-state index contributed by atoms with van der Waals surface area (Å²) in [5.41, 5.74) is 0.298. The van der Waals surface area contributed by atoms with E-state index in [9.17, 15) is 22.8 Å². The molecule has 0 aliphatic heterocycles. The predicted molar refractivity (Wildman–Crippen MR) is 68.6 cm³/mol. The lowest BCUT2D eigenvalue weighted by atomic mass is 10.2. The lowest BCUT2D eigenvalue weighted by Gasteiger charge is -2.06. The Morgan fingerprint density at radius 2 is 2.10 bits per heavy atom. The molecule has 1 amide bonds. The van der Waals surface area contributed by atoms with Gasteiger partial charge in [-0.25, -0.2) is 4.79 Å². The molecule has 0 fully saturated rings. The van der Waals surface area contributed by atoms with Crippen LogP contribution in [0.3, 0.4) is 0 Å². The minimum Gasteiger partial charge on any atom is -0.478 e. The minimum absolute atomic E-state index is 0.0610. The summed E-state index contributed by atoms with van der Waals surface area (Å²) in [6.07, 6.45) is -3.05. The Kier molecular flexibility index (Phi) is 5.75. The summed E-state index contributed by atoms with van der Waals surface area (Å²) in [6.45, 7) is -0.0610. The van der Waals surface area contributed by atoms with Gasteiger partial charge >= 0.3 is 12.1 Å². The first-order chi connectivity index (χ1) is 9.28. The van der Waals surface area contributed by atoms with Crippen LogP contribution in [0.2, 0.25) is 0 Å². The number of hydrogen-bond acceptors (Lipinski definition) is 3. The number of carbonyl (C=O) groups is 2. The fourth-order valence-electron chi connectivity index (χ4n) is 1.31. The molecule has 0 saturated heterocycles. The van der Waals surface area contributed by atoms with Crippen LogP contribution in [-0.2, 0) is 4.79 Å². The number of hydrogen-bond donors (Lipinski definition) is 2. The van der Waals surface area contributed by atoms with Crippen LogP contribution in [0.15, 0.2) is 17.5 Å². The van der Waals surface area contributed by atoms with Gasteiger partial charge in [0.1, 0.15) is 0 Å². The van der Waals surface area contributed by atoms with E-state index in [-0.39, 0.29) is 13.0 Å². The Morgan fingerprint density at radius 1 is 1.40 bits per heavy atom. The number of amides is 1. The van der Waals surface area contributed by atoms with Crippen LogP contribution >= 0.6 is 11.3 Å². The van der Waals surface area contributed by atoms with Gasteiger partial charge in [-0.2, -0.15) is 13.2 Å². The van der Waals surface area contributed by atoms with E-state index in [1.54, 1.807) is 0 Å². The van der Waals surface area contributed by atoms with Crippen LogP contribution in [0.1, 0.15) is 28.1 Å². The summed E-state index contributed by atoms with van der Waals surface area (Å²) in [6, 6.07) is 1.48. The van der Waals surface area contributed by atoms with Crippen molar-refractivity contribution in [2.24, 2.45) is 0 Å². The SMILES string of the molecule is O=C(O)/C=C/c1cc(C(=O)NCCCC(F)(F)F)cs1. The Bertz CT molecular complexity index is 508. The van der Waals surface area contributed by atoms with Crippen LogP contribution in [0.5, 0.6) is 0 Å². The first-order valence-electron chi connectivity index (χ1n) is 5.62. The highest BCUT2D eigenvalue weighted by Crippen LogP contribution is 2.21. The van der Waals surface area contributed by atoms with Crippen molar-refractivity contribution in [2.45, 2.75) is 19.0 Å². The monoisotopic (exact) mass is 307 g/mol. The number of alkyl halides is 3. The zero-order valence-electron chi connectivity index (χ0n) is 10.2. The molecule has 1 aromatic heterocycles. The molecule has 0 bridgehead atoms. The Morgan fingerprint density at radius 3 is 2.70 bits per heavy atom. The van der Waals surface area contributed by atoms with Crippen LogP contribution < -0.4 is 5.32 Å². The third-order valence-electron chi connectivity index (χ3n) is 2.19. The fraction of sp³-hybridized carbons (Fsp3) is 0.333. The second kappa shape index (κ2) is 7.09. The second-order valence-electron chi connectivity index (χ2n) is 3.88. The van der Waals surface area contributed by atoms with Gasteiger partial charge in [0.2, 0.25) is 0 Å². The van der Waals surface area contributed by atoms with E-state index < -0.39 is 24.5 Å². The largest absolute Gasteiger partial charge is 0.478 e. The van der Waals surface area contributed by atoms with Crippen molar-refractivity contribution in [3.8, 4) is 0 Å². The van der Waals surface area contributed by atoms with Crippen molar-refractivity contribution in [1.82, 2.24) is 5.32 Å². The van der Waals surface area contributed by atoms with Crippen molar-refractivity contribution in [1.29, 1.82) is 0 Å². The van der Waals surface area contributed by atoms with E-state index in [4.69, 9.17) is 5.11 Å². The molecular weight excluding hydrogens is 295 g/mol. The molecule has 20 heavy (non-hydrogen) atoms. The van der Waals surface area contributed by atoms with Gasteiger partial charge in [-0.1, -0.05) is 0 Å².